The topological polar surface area (TPSA) is 69.1 Å². The molecule has 0 atom stereocenters. The second kappa shape index (κ2) is 10.8. The van der Waals surface area contributed by atoms with E-state index in [-0.39, 0.29) is 0 Å². The highest BCUT2D eigenvalue weighted by Gasteiger charge is 2.19. The molecule has 53 heavy (non-hydrogen) atoms. The van der Waals surface area contributed by atoms with E-state index in [0.717, 1.165) is 76.9 Å². The van der Waals surface area contributed by atoms with Crippen molar-refractivity contribution >= 4 is 91.7 Å². The molecule has 0 fully saturated rings. The number of hydrogen-bond donors (Lipinski definition) is 0. The number of rotatable bonds is 3. The lowest BCUT2D eigenvalue weighted by Crippen LogP contribution is -2.00. The lowest BCUT2D eigenvalue weighted by molar-refractivity contribution is 0.666. The van der Waals surface area contributed by atoms with Crippen LogP contribution in [0, 0.1) is 0 Å². The van der Waals surface area contributed by atoms with Gasteiger partial charge in [0.2, 0.25) is 0 Å². The van der Waals surface area contributed by atoms with Gasteiger partial charge in [-0.05, 0) is 53.2 Å². The van der Waals surface area contributed by atoms with E-state index in [2.05, 4.69) is 108 Å². The van der Waals surface area contributed by atoms with Crippen molar-refractivity contribution in [3.63, 3.8) is 0 Å². The Kier molecular flexibility index (Phi) is 5.84. The van der Waals surface area contributed by atoms with Crippen LogP contribution in [0.4, 0.5) is 0 Å². The Hall–Kier alpha value is -6.96. The van der Waals surface area contributed by atoms with Crippen LogP contribution in [-0.2, 0) is 0 Å². The summed E-state index contributed by atoms with van der Waals surface area (Å²) >= 11 is 1.81. The normalized spacial score (nSPS) is 12.2. The molecule has 0 saturated carbocycles. The van der Waals surface area contributed by atoms with E-state index in [1.54, 1.807) is 11.3 Å². The zero-order valence-electron chi connectivity index (χ0n) is 28.0. The van der Waals surface area contributed by atoms with Gasteiger partial charge in [-0.15, -0.1) is 11.3 Å². The lowest BCUT2D eigenvalue weighted by Gasteiger charge is -2.11. The van der Waals surface area contributed by atoms with E-state index >= 15 is 0 Å². The highest BCUT2D eigenvalue weighted by Crippen LogP contribution is 2.40. The van der Waals surface area contributed by atoms with Crippen molar-refractivity contribution in [2.75, 3.05) is 0 Å². The van der Waals surface area contributed by atoms with Gasteiger partial charge in [0, 0.05) is 58.4 Å². The van der Waals surface area contributed by atoms with Crippen LogP contribution in [0.15, 0.2) is 156 Å². The molecule has 0 unspecified atom stereocenters. The zero-order chi connectivity index (χ0) is 34.6. The van der Waals surface area contributed by atoms with Gasteiger partial charge in [0.25, 0.3) is 0 Å². The second-order valence-electron chi connectivity index (χ2n) is 13.5. The van der Waals surface area contributed by atoms with Gasteiger partial charge in [-0.2, -0.15) is 0 Å². The maximum absolute atomic E-state index is 6.32. The molecule has 7 heteroatoms. The van der Waals surface area contributed by atoms with Crippen molar-refractivity contribution in [1.29, 1.82) is 0 Å². The average molecular weight is 696 g/mol. The molecule has 0 radical (unpaired) electrons. The second-order valence-corrected chi connectivity index (χ2v) is 14.6. The number of thiophene rings is 1. The fourth-order valence-electron chi connectivity index (χ4n) is 7.96. The number of para-hydroxylation sites is 1. The van der Waals surface area contributed by atoms with E-state index in [9.17, 15) is 0 Å². The van der Waals surface area contributed by atoms with E-state index in [4.69, 9.17) is 24.4 Å². The molecule has 0 aliphatic rings. The Morgan fingerprint density at radius 1 is 0.415 bits per heavy atom. The number of aromatic nitrogens is 5. The molecule has 0 spiro atoms. The quantitative estimate of drug-likeness (QED) is 0.172. The molecule has 5 aromatic heterocycles. The number of benzene rings is 7. The van der Waals surface area contributed by atoms with Crippen molar-refractivity contribution in [3.8, 4) is 34.2 Å². The van der Waals surface area contributed by atoms with Crippen LogP contribution in [0.1, 0.15) is 0 Å². The first kappa shape index (κ1) is 28.7. The molecule has 0 saturated heterocycles. The zero-order valence-corrected chi connectivity index (χ0v) is 28.8. The summed E-state index contributed by atoms with van der Waals surface area (Å²) in [6.45, 7) is 0. The van der Waals surface area contributed by atoms with Gasteiger partial charge in [-0.25, -0.2) is 19.9 Å². The summed E-state index contributed by atoms with van der Waals surface area (Å²) in [5, 5.41) is 9.02. The van der Waals surface area contributed by atoms with E-state index < -0.39 is 0 Å². The molecule has 0 aliphatic carbocycles. The Balaban J connectivity index is 1.10. The molecule has 12 rings (SSSR count). The first-order valence-corrected chi connectivity index (χ1v) is 18.4. The minimum atomic E-state index is 0.623. The SMILES string of the molecule is c1ccc(-c2nc(-c3ccc4sc5ccccc5c4c3)nc(-c3ccc4c(c3)c3ccccc3c3nc5cc6c(cn5c43)oc3ccccc36)n2)cc1. The van der Waals surface area contributed by atoms with Gasteiger partial charge in [0.1, 0.15) is 11.2 Å². The van der Waals surface area contributed by atoms with Gasteiger partial charge >= 0.3 is 0 Å². The number of pyridine rings is 1. The molecule has 0 amide bonds. The molecule has 7 aromatic carbocycles. The third kappa shape index (κ3) is 4.25. The van der Waals surface area contributed by atoms with Gasteiger partial charge in [0.15, 0.2) is 23.1 Å². The molecule has 246 valence electrons. The number of imidazole rings is 1. The van der Waals surface area contributed by atoms with Crippen LogP contribution in [0.2, 0.25) is 0 Å². The van der Waals surface area contributed by atoms with Crippen LogP contribution in [-0.4, -0.2) is 24.3 Å². The van der Waals surface area contributed by atoms with E-state index in [1.807, 2.05) is 48.5 Å². The number of nitrogens with zero attached hydrogens (tertiary/aromatic N) is 5. The molecule has 6 nitrogen and oxygen atoms in total. The monoisotopic (exact) mass is 695 g/mol. The summed E-state index contributed by atoms with van der Waals surface area (Å²) < 4.78 is 11.0. The van der Waals surface area contributed by atoms with Gasteiger partial charge in [-0.3, -0.25) is 4.40 Å². The van der Waals surface area contributed by atoms with Gasteiger partial charge in [-0.1, -0.05) is 103 Å². The van der Waals surface area contributed by atoms with Crippen LogP contribution in [0.25, 0.3) is 114 Å². The summed E-state index contributed by atoms with van der Waals surface area (Å²) in [6, 6.07) is 50.6. The van der Waals surface area contributed by atoms with E-state index in [1.165, 1.54) is 20.2 Å². The van der Waals surface area contributed by atoms with Crippen molar-refractivity contribution < 1.29 is 4.42 Å². The summed E-state index contributed by atoms with van der Waals surface area (Å²) in [6.07, 6.45) is 2.08. The van der Waals surface area contributed by atoms with Gasteiger partial charge in [0.05, 0.1) is 17.2 Å². The average Bonchev–Trinajstić information content (AvgIpc) is 3.91. The van der Waals surface area contributed by atoms with Crippen molar-refractivity contribution in [1.82, 2.24) is 24.3 Å². The first-order chi connectivity index (χ1) is 26.2. The first-order valence-electron chi connectivity index (χ1n) is 17.5. The molecular formula is C46H25N5OS. The summed E-state index contributed by atoms with van der Waals surface area (Å²) in [5.74, 6) is 1.90. The van der Waals surface area contributed by atoms with Crippen LogP contribution in [0.3, 0.4) is 0 Å². The Morgan fingerprint density at radius 3 is 1.89 bits per heavy atom. The minimum Gasteiger partial charge on any atom is -0.455 e. The highest BCUT2D eigenvalue weighted by atomic mass is 32.1. The minimum absolute atomic E-state index is 0.623. The summed E-state index contributed by atoms with van der Waals surface area (Å²) in [7, 11) is 0. The highest BCUT2D eigenvalue weighted by molar-refractivity contribution is 7.25. The fourth-order valence-corrected chi connectivity index (χ4v) is 9.04. The third-order valence-corrected chi connectivity index (χ3v) is 11.6. The van der Waals surface area contributed by atoms with Crippen molar-refractivity contribution in [2.45, 2.75) is 0 Å². The molecule has 0 N–H and O–H groups in total. The Morgan fingerprint density at radius 2 is 1.06 bits per heavy atom. The lowest BCUT2D eigenvalue weighted by atomic mass is 9.98. The Labute approximate surface area is 305 Å². The maximum atomic E-state index is 6.32. The predicted molar refractivity (Wildman–Crippen MR) is 218 cm³/mol. The number of fused-ring (bicyclic) bond motifs is 14. The standard InChI is InChI=1S/C46H25N5OS/c1-2-10-26(11-3-1)44-48-45(50-46(49-44)28-19-21-40-36(23-28)31-14-7-9-17-39(31)53-40)27-18-20-33-34(22-27)29-12-4-5-15-32(29)42-43(33)51-25-38-35(24-41(51)47-42)30-13-6-8-16-37(30)52-38/h1-25H. The molecule has 12 aromatic rings. The number of hydrogen-bond acceptors (Lipinski definition) is 6. The third-order valence-electron chi connectivity index (χ3n) is 10.4. The molecule has 5 heterocycles. The molecule has 0 bridgehead atoms. The summed E-state index contributed by atoms with van der Waals surface area (Å²) in [4.78, 5) is 20.5. The largest absolute Gasteiger partial charge is 0.455 e. The predicted octanol–water partition coefficient (Wildman–Crippen LogP) is 12.2. The van der Waals surface area contributed by atoms with Crippen molar-refractivity contribution in [3.05, 3.63) is 152 Å². The van der Waals surface area contributed by atoms with E-state index in [0.29, 0.717) is 17.5 Å². The smallest absolute Gasteiger partial charge is 0.164 e. The Bertz CT molecular complexity index is 3470. The number of furan rings is 1. The fraction of sp³-hybridized carbons (Fsp3) is 0. The van der Waals surface area contributed by atoms with Crippen LogP contribution in [0.5, 0.6) is 0 Å². The van der Waals surface area contributed by atoms with Crippen LogP contribution >= 0.6 is 11.3 Å². The maximum Gasteiger partial charge on any atom is 0.164 e. The van der Waals surface area contributed by atoms with Crippen LogP contribution < -0.4 is 0 Å². The van der Waals surface area contributed by atoms with Gasteiger partial charge < -0.3 is 4.42 Å². The molecular weight excluding hydrogens is 671 g/mol. The molecule has 0 aliphatic heterocycles. The summed E-state index contributed by atoms with van der Waals surface area (Å²) in [5.41, 5.74) is 7.39. The van der Waals surface area contributed by atoms with Crippen molar-refractivity contribution in [2.24, 2.45) is 0 Å².